The Morgan fingerprint density at radius 3 is 2.50 bits per heavy atom. The molecular formula is C12H25NO3. The predicted molar refractivity (Wildman–Crippen MR) is 64.4 cm³/mol. The second-order valence-corrected chi connectivity index (χ2v) is 4.12. The van der Waals surface area contributed by atoms with Gasteiger partial charge in [0.15, 0.2) is 0 Å². The second kappa shape index (κ2) is 9.60. The number of rotatable bonds is 9. The Hall–Kier alpha value is -0.610. The van der Waals surface area contributed by atoms with Gasteiger partial charge in [-0.05, 0) is 25.8 Å². The Balaban J connectivity index is 3.80. The van der Waals surface area contributed by atoms with E-state index in [1.807, 2.05) is 13.8 Å². The van der Waals surface area contributed by atoms with E-state index in [-0.39, 0.29) is 12.0 Å². The van der Waals surface area contributed by atoms with E-state index in [9.17, 15) is 4.79 Å². The Bertz CT molecular complexity index is 183. The van der Waals surface area contributed by atoms with Gasteiger partial charge in [0.25, 0.3) is 0 Å². The van der Waals surface area contributed by atoms with Crippen LogP contribution >= 0.6 is 0 Å². The monoisotopic (exact) mass is 231 g/mol. The molecule has 0 aliphatic carbocycles. The smallest absolute Gasteiger partial charge is 0.323 e. The van der Waals surface area contributed by atoms with Crippen LogP contribution in [0.5, 0.6) is 0 Å². The largest absolute Gasteiger partial charge is 0.465 e. The van der Waals surface area contributed by atoms with Crippen molar-refractivity contribution in [3.8, 4) is 0 Å². The molecular weight excluding hydrogens is 206 g/mol. The third-order valence-electron chi connectivity index (χ3n) is 2.02. The van der Waals surface area contributed by atoms with E-state index < -0.39 is 0 Å². The summed E-state index contributed by atoms with van der Waals surface area (Å²) in [6.45, 7) is 10.5. The molecule has 96 valence electrons. The minimum absolute atomic E-state index is 0.183. The first-order chi connectivity index (χ1) is 7.61. The Morgan fingerprint density at radius 2 is 2.00 bits per heavy atom. The summed E-state index contributed by atoms with van der Waals surface area (Å²) in [7, 11) is 0. The van der Waals surface area contributed by atoms with Crippen molar-refractivity contribution in [1.82, 2.24) is 5.32 Å². The Labute approximate surface area is 98.7 Å². The van der Waals surface area contributed by atoms with Crippen LogP contribution in [0, 0.1) is 5.92 Å². The van der Waals surface area contributed by atoms with Crippen LogP contribution in [-0.4, -0.2) is 38.4 Å². The van der Waals surface area contributed by atoms with Gasteiger partial charge < -0.3 is 14.8 Å². The van der Waals surface area contributed by atoms with Crippen molar-refractivity contribution in [2.75, 3.05) is 26.4 Å². The fraction of sp³-hybridized carbons (Fsp3) is 0.917. The summed E-state index contributed by atoms with van der Waals surface area (Å²) in [6, 6.07) is -0.239. The molecule has 0 saturated heterocycles. The molecule has 4 heteroatoms. The average molecular weight is 231 g/mol. The maximum Gasteiger partial charge on any atom is 0.323 e. The van der Waals surface area contributed by atoms with Crippen LogP contribution in [0.2, 0.25) is 0 Å². The molecule has 1 N–H and O–H groups in total. The van der Waals surface area contributed by atoms with Gasteiger partial charge in [0, 0.05) is 13.2 Å². The number of likely N-dealkylation sites (N-methyl/N-ethyl adjacent to an activating group) is 1. The van der Waals surface area contributed by atoms with Gasteiger partial charge in [-0.15, -0.1) is 0 Å². The number of carbonyl (C=O) groups is 1. The van der Waals surface area contributed by atoms with E-state index in [0.29, 0.717) is 25.6 Å². The number of esters is 1. The van der Waals surface area contributed by atoms with Crippen LogP contribution in [0.1, 0.15) is 34.1 Å². The van der Waals surface area contributed by atoms with E-state index in [1.165, 1.54) is 0 Å². The van der Waals surface area contributed by atoms with Crippen LogP contribution in [0.4, 0.5) is 0 Å². The summed E-state index contributed by atoms with van der Waals surface area (Å²) in [5, 5.41) is 3.10. The highest BCUT2D eigenvalue weighted by Gasteiger charge is 2.17. The zero-order valence-corrected chi connectivity index (χ0v) is 10.9. The summed E-state index contributed by atoms with van der Waals surface area (Å²) in [5.41, 5.74) is 0. The van der Waals surface area contributed by atoms with Gasteiger partial charge in [-0.1, -0.05) is 20.8 Å². The molecule has 0 saturated carbocycles. The fourth-order valence-corrected chi connectivity index (χ4v) is 1.31. The lowest BCUT2D eigenvalue weighted by Crippen LogP contribution is -2.39. The maximum absolute atomic E-state index is 11.5. The molecule has 0 aromatic carbocycles. The molecule has 16 heavy (non-hydrogen) atoms. The van der Waals surface area contributed by atoms with Crippen molar-refractivity contribution < 1.29 is 14.3 Å². The molecule has 0 aromatic rings. The van der Waals surface area contributed by atoms with E-state index in [1.54, 1.807) is 0 Å². The quantitative estimate of drug-likeness (QED) is 0.483. The van der Waals surface area contributed by atoms with Gasteiger partial charge in [0.2, 0.25) is 0 Å². The molecule has 0 rings (SSSR count). The molecule has 1 atom stereocenters. The molecule has 4 nitrogen and oxygen atoms in total. The summed E-state index contributed by atoms with van der Waals surface area (Å²) < 4.78 is 10.4. The fourth-order valence-electron chi connectivity index (χ4n) is 1.31. The molecule has 0 spiro atoms. The Morgan fingerprint density at radius 1 is 1.31 bits per heavy atom. The van der Waals surface area contributed by atoms with Gasteiger partial charge in [-0.3, -0.25) is 4.79 Å². The van der Waals surface area contributed by atoms with E-state index in [4.69, 9.17) is 9.47 Å². The van der Waals surface area contributed by atoms with Crippen molar-refractivity contribution in [2.45, 2.75) is 40.2 Å². The number of ether oxygens (including phenoxy) is 2. The standard InChI is InChI=1S/C12H25NO3/c1-5-13-11(12(14)16-6-2)7-8-15-9-10(3)4/h10-11,13H,5-9H2,1-4H3. The molecule has 0 heterocycles. The molecule has 0 aliphatic rings. The molecule has 0 amide bonds. The topological polar surface area (TPSA) is 47.6 Å². The van der Waals surface area contributed by atoms with Crippen molar-refractivity contribution in [3.63, 3.8) is 0 Å². The number of hydrogen-bond donors (Lipinski definition) is 1. The van der Waals surface area contributed by atoms with Gasteiger partial charge in [0.1, 0.15) is 6.04 Å². The van der Waals surface area contributed by atoms with E-state index >= 15 is 0 Å². The summed E-state index contributed by atoms with van der Waals surface area (Å²) in [5.74, 6) is 0.345. The van der Waals surface area contributed by atoms with Crippen LogP contribution in [0.3, 0.4) is 0 Å². The van der Waals surface area contributed by atoms with Crippen molar-refractivity contribution in [2.24, 2.45) is 5.92 Å². The minimum atomic E-state index is -0.239. The van der Waals surface area contributed by atoms with Crippen molar-refractivity contribution >= 4 is 5.97 Å². The third kappa shape index (κ3) is 7.65. The van der Waals surface area contributed by atoms with Gasteiger partial charge >= 0.3 is 5.97 Å². The highest BCUT2D eigenvalue weighted by Crippen LogP contribution is 1.99. The molecule has 0 aromatic heterocycles. The highest BCUT2D eigenvalue weighted by molar-refractivity contribution is 5.75. The highest BCUT2D eigenvalue weighted by atomic mass is 16.5. The third-order valence-corrected chi connectivity index (χ3v) is 2.02. The summed E-state index contributed by atoms with van der Waals surface area (Å²) >= 11 is 0. The van der Waals surface area contributed by atoms with Crippen LogP contribution in [0.15, 0.2) is 0 Å². The molecule has 0 radical (unpaired) electrons. The lowest BCUT2D eigenvalue weighted by atomic mass is 10.2. The lowest BCUT2D eigenvalue weighted by molar-refractivity contribution is -0.146. The van der Waals surface area contributed by atoms with Gasteiger partial charge in [-0.2, -0.15) is 0 Å². The average Bonchev–Trinajstić information content (AvgIpc) is 2.22. The van der Waals surface area contributed by atoms with E-state index in [0.717, 1.165) is 13.2 Å². The lowest BCUT2D eigenvalue weighted by Gasteiger charge is -2.16. The number of hydrogen-bond acceptors (Lipinski definition) is 4. The first-order valence-corrected chi connectivity index (χ1v) is 6.09. The zero-order chi connectivity index (χ0) is 12.4. The van der Waals surface area contributed by atoms with Gasteiger partial charge in [0.05, 0.1) is 6.61 Å². The SMILES string of the molecule is CCNC(CCOCC(C)C)C(=O)OCC. The van der Waals surface area contributed by atoms with Crippen molar-refractivity contribution in [3.05, 3.63) is 0 Å². The predicted octanol–water partition coefficient (Wildman–Crippen LogP) is 1.59. The Kier molecular flexibility index (Phi) is 9.24. The molecule has 0 fully saturated rings. The van der Waals surface area contributed by atoms with Crippen molar-refractivity contribution in [1.29, 1.82) is 0 Å². The van der Waals surface area contributed by atoms with E-state index in [2.05, 4.69) is 19.2 Å². The first-order valence-electron chi connectivity index (χ1n) is 6.09. The minimum Gasteiger partial charge on any atom is -0.465 e. The zero-order valence-electron chi connectivity index (χ0n) is 10.9. The van der Waals surface area contributed by atoms with Crippen LogP contribution < -0.4 is 5.32 Å². The first kappa shape index (κ1) is 15.4. The van der Waals surface area contributed by atoms with Crippen LogP contribution in [0.25, 0.3) is 0 Å². The number of nitrogens with one attached hydrogen (secondary N) is 1. The second-order valence-electron chi connectivity index (χ2n) is 4.12. The maximum atomic E-state index is 11.5. The summed E-state index contributed by atoms with van der Waals surface area (Å²) in [4.78, 5) is 11.5. The van der Waals surface area contributed by atoms with Gasteiger partial charge in [-0.25, -0.2) is 0 Å². The molecule has 0 bridgehead atoms. The molecule has 0 aliphatic heterocycles. The number of carbonyl (C=O) groups excluding carboxylic acids is 1. The summed E-state index contributed by atoms with van der Waals surface area (Å²) in [6.07, 6.45) is 0.666. The molecule has 1 unspecified atom stereocenters. The normalized spacial score (nSPS) is 12.8. The van der Waals surface area contributed by atoms with Crippen LogP contribution in [-0.2, 0) is 14.3 Å².